The third-order valence-electron chi connectivity index (χ3n) is 4.89. The van der Waals surface area contributed by atoms with Crippen LogP contribution < -0.4 is 0 Å². The lowest BCUT2D eigenvalue weighted by Gasteiger charge is -2.11. The largest absolute Gasteiger partial charge is 0.281 e. The summed E-state index contributed by atoms with van der Waals surface area (Å²) in [5, 5.41) is 8.66. The van der Waals surface area contributed by atoms with Crippen molar-refractivity contribution in [3.8, 4) is 33.6 Å². The molecule has 0 saturated carbocycles. The molecule has 5 rings (SSSR count). The first-order valence-electron chi connectivity index (χ1n) is 9.16. The van der Waals surface area contributed by atoms with Crippen molar-refractivity contribution in [2.24, 2.45) is 0 Å². The molecule has 3 nitrogen and oxygen atoms in total. The van der Waals surface area contributed by atoms with Crippen molar-refractivity contribution < 1.29 is 8.78 Å². The summed E-state index contributed by atoms with van der Waals surface area (Å²) in [4.78, 5) is 0. The van der Waals surface area contributed by atoms with Crippen molar-refractivity contribution in [3.63, 3.8) is 0 Å². The normalized spacial score (nSPS) is 11.1. The number of halogens is 2. The van der Waals surface area contributed by atoms with Gasteiger partial charge in [-0.1, -0.05) is 66.7 Å². The molecule has 0 aliphatic carbocycles. The van der Waals surface area contributed by atoms with Crippen LogP contribution in [0.5, 0.6) is 0 Å². The molecule has 0 aliphatic heterocycles. The van der Waals surface area contributed by atoms with Crippen molar-refractivity contribution >= 4 is 5.65 Å². The van der Waals surface area contributed by atoms with Gasteiger partial charge >= 0.3 is 0 Å². The summed E-state index contributed by atoms with van der Waals surface area (Å²) in [6.45, 7) is 0. The lowest BCUT2D eigenvalue weighted by atomic mass is 10.0. The van der Waals surface area contributed by atoms with Gasteiger partial charge in [0, 0.05) is 34.0 Å². The van der Waals surface area contributed by atoms with E-state index in [1.165, 1.54) is 12.1 Å². The van der Waals surface area contributed by atoms with Crippen LogP contribution in [-0.4, -0.2) is 14.6 Å². The highest BCUT2D eigenvalue weighted by Crippen LogP contribution is 2.33. The van der Waals surface area contributed by atoms with E-state index in [9.17, 15) is 8.78 Å². The lowest BCUT2D eigenvalue weighted by molar-refractivity contribution is 0.631. The number of aromatic nitrogens is 3. The van der Waals surface area contributed by atoms with Gasteiger partial charge in [-0.05, 0) is 18.2 Å². The van der Waals surface area contributed by atoms with E-state index in [1.54, 1.807) is 53.1 Å². The summed E-state index contributed by atoms with van der Waals surface area (Å²) in [7, 11) is 0. The number of hydrogen-bond acceptors (Lipinski definition) is 2. The zero-order valence-electron chi connectivity index (χ0n) is 15.3. The van der Waals surface area contributed by atoms with Crippen molar-refractivity contribution in [2.45, 2.75) is 0 Å². The Labute approximate surface area is 165 Å². The maximum absolute atomic E-state index is 14.6. The molecule has 0 radical (unpaired) electrons. The number of fused-ring (bicyclic) bond motifs is 1. The molecule has 0 bridgehead atoms. The van der Waals surface area contributed by atoms with E-state index in [-0.39, 0.29) is 11.6 Å². The standard InChI is InChI=1S/C24H15F2N3/c25-21-12-6-4-10-18(21)17-14-20(19-11-5-7-13-22(19)26)24-28-27-23(29(24)15-17)16-8-2-1-3-9-16/h1-15H. The highest BCUT2D eigenvalue weighted by molar-refractivity contribution is 5.84. The zero-order chi connectivity index (χ0) is 19.8. The number of pyridine rings is 1. The molecule has 2 aromatic heterocycles. The van der Waals surface area contributed by atoms with Crippen molar-refractivity contribution in [2.75, 3.05) is 0 Å². The average molecular weight is 383 g/mol. The first-order valence-corrected chi connectivity index (χ1v) is 9.16. The van der Waals surface area contributed by atoms with Crippen molar-refractivity contribution in [1.82, 2.24) is 14.6 Å². The maximum Gasteiger partial charge on any atom is 0.169 e. The van der Waals surface area contributed by atoms with Crippen LogP contribution in [0.25, 0.3) is 39.3 Å². The summed E-state index contributed by atoms with van der Waals surface area (Å²) in [6, 6.07) is 24.4. The highest BCUT2D eigenvalue weighted by atomic mass is 19.1. The van der Waals surface area contributed by atoms with E-state index in [0.29, 0.717) is 33.7 Å². The number of benzene rings is 3. The maximum atomic E-state index is 14.6. The van der Waals surface area contributed by atoms with E-state index in [4.69, 9.17) is 0 Å². The van der Waals surface area contributed by atoms with Gasteiger partial charge in [0.15, 0.2) is 11.5 Å². The number of hydrogen-bond donors (Lipinski definition) is 0. The van der Waals surface area contributed by atoms with Crippen molar-refractivity contribution in [3.05, 3.63) is 103 Å². The minimum atomic E-state index is -0.371. The minimum absolute atomic E-state index is 0.347. The van der Waals surface area contributed by atoms with Gasteiger partial charge in [-0.25, -0.2) is 8.78 Å². The van der Waals surface area contributed by atoms with Crippen LogP contribution in [-0.2, 0) is 0 Å². The number of rotatable bonds is 3. The Morgan fingerprint density at radius 2 is 1.21 bits per heavy atom. The van der Waals surface area contributed by atoms with E-state index in [2.05, 4.69) is 10.2 Å². The molecule has 0 fully saturated rings. The smallest absolute Gasteiger partial charge is 0.169 e. The molecule has 0 saturated heterocycles. The predicted molar refractivity (Wildman–Crippen MR) is 109 cm³/mol. The van der Waals surface area contributed by atoms with Gasteiger partial charge in [-0.15, -0.1) is 10.2 Å². The van der Waals surface area contributed by atoms with E-state index in [1.807, 2.05) is 30.3 Å². The highest BCUT2D eigenvalue weighted by Gasteiger charge is 2.18. The van der Waals surface area contributed by atoms with Crippen LogP contribution in [0.15, 0.2) is 91.1 Å². The van der Waals surface area contributed by atoms with E-state index < -0.39 is 0 Å². The van der Waals surface area contributed by atoms with Gasteiger partial charge < -0.3 is 0 Å². The molecule has 3 aromatic carbocycles. The topological polar surface area (TPSA) is 30.2 Å². The Morgan fingerprint density at radius 3 is 1.90 bits per heavy atom. The SMILES string of the molecule is Fc1ccccc1-c1cc(-c2ccccc2F)c2nnc(-c3ccccc3)n2c1. The summed E-state index contributed by atoms with van der Waals surface area (Å²) in [6.07, 6.45) is 1.79. The molecule has 0 aliphatic rings. The van der Waals surface area contributed by atoms with Crippen LogP contribution in [0.1, 0.15) is 0 Å². The molecule has 140 valence electrons. The van der Waals surface area contributed by atoms with Gasteiger partial charge in [0.2, 0.25) is 0 Å². The monoisotopic (exact) mass is 383 g/mol. The first-order chi connectivity index (χ1) is 14.2. The minimum Gasteiger partial charge on any atom is -0.281 e. The van der Waals surface area contributed by atoms with Gasteiger partial charge in [-0.2, -0.15) is 0 Å². The summed E-state index contributed by atoms with van der Waals surface area (Å²) < 4.78 is 30.9. The van der Waals surface area contributed by atoms with Crippen LogP contribution in [0.4, 0.5) is 8.78 Å². The fourth-order valence-corrected chi connectivity index (χ4v) is 3.50. The first kappa shape index (κ1) is 17.3. The Morgan fingerprint density at radius 1 is 0.586 bits per heavy atom. The average Bonchev–Trinajstić information content (AvgIpc) is 3.19. The van der Waals surface area contributed by atoms with E-state index >= 15 is 0 Å². The van der Waals surface area contributed by atoms with Crippen LogP contribution in [0, 0.1) is 11.6 Å². The fraction of sp³-hybridized carbons (Fsp3) is 0. The van der Waals surface area contributed by atoms with Gasteiger partial charge in [0.1, 0.15) is 11.6 Å². The summed E-state index contributed by atoms with van der Waals surface area (Å²) in [5.41, 5.74) is 3.37. The molecule has 0 amide bonds. The molecule has 5 heteroatoms. The molecule has 29 heavy (non-hydrogen) atoms. The predicted octanol–water partition coefficient (Wildman–Crippen LogP) is 6.01. The van der Waals surface area contributed by atoms with Crippen molar-refractivity contribution in [1.29, 1.82) is 0 Å². The Bertz CT molecular complexity index is 1330. The second-order valence-electron chi connectivity index (χ2n) is 6.69. The molecule has 5 aromatic rings. The Hall–Kier alpha value is -3.86. The lowest BCUT2D eigenvalue weighted by Crippen LogP contribution is -1.96. The second-order valence-corrected chi connectivity index (χ2v) is 6.69. The Kier molecular flexibility index (Phi) is 4.13. The van der Waals surface area contributed by atoms with Gasteiger partial charge in [-0.3, -0.25) is 4.40 Å². The van der Waals surface area contributed by atoms with Gasteiger partial charge in [0.05, 0.1) is 0 Å². The quantitative estimate of drug-likeness (QED) is 0.382. The second kappa shape index (κ2) is 6.95. The van der Waals surface area contributed by atoms with Crippen LogP contribution >= 0.6 is 0 Å². The molecule has 0 N–H and O–H groups in total. The molecule has 0 unspecified atom stereocenters. The molecule has 0 atom stereocenters. The molecular weight excluding hydrogens is 368 g/mol. The molecule has 2 heterocycles. The third kappa shape index (κ3) is 2.97. The third-order valence-corrected chi connectivity index (χ3v) is 4.89. The Balaban J connectivity index is 1.85. The van der Waals surface area contributed by atoms with Crippen LogP contribution in [0.2, 0.25) is 0 Å². The zero-order valence-corrected chi connectivity index (χ0v) is 15.3. The summed E-state index contributed by atoms with van der Waals surface area (Å²) in [5.74, 6) is -0.110. The van der Waals surface area contributed by atoms with Crippen LogP contribution in [0.3, 0.4) is 0 Å². The number of nitrogens with zero attached hydrogens (tertiary/aromatic N) is 3. The van der Waals surface area contributed by atoms with E-state index in [0.717, 1.165) is 5.56 Å². The fourth-order valence-electron chi connectivity index (χ4n) is 3.50. The molecular formula is C24H15F2N3. The van der Waals surface area contributed by atoms with Gasteiger partial charge in [0.25, 0.3) is 0 Å². The summed E-state index contributed by atoms with van der Waals surface area (Å²) >= 11 is 0. The molecule has 0 spiro atoms.